The Morgan fingerprint density at radius 1 is 1.18 bits per heavy atom. The van der Waals surface area contributed by atoms with E-state index in [1.54, 1.807) is 31.4 Å². The summed E-state index contributed by atoms with van der Waals surface area (Å²) < 4.78 is 6.53. The molecule has 7 nitrogen and oxygen atoms in total. The smallest absolute Gasteiger partial charge is 0.275 e. The van der Waals surface area contributed by atoms with Gasteiger partial charge in [0.15, 0.2) is 0 Å². The number of ether oxygens (including phenoxy) is 1. The number of amides is 1. The van der Waals surface area contributed by atoms with Crippen molar-refractivity contribution in [3.8, 4) is 5.75 Å². The van der Waals surface area contributed by atoms with Crippen molar-refractivity contribution in [3.05, 3.63) is 81.2 Å². The largest absolute Gasteiger partial charge is 0.497 e. The third kappa shape index (κ3) is 5.61. The maximum Gasteiger partial charge on any atom is 0.275 e. The van der Waals surface area contributed by atoms with E-state index < -0.39 is 0 Å². The summed E-state index contributed by atoms with van der Waals surface area (Å²) in [5.41, 5.74) is 1.77. The number of fused-ring (bicyclic) bond motifs is 1. The highest BCUT2D eigenvalue weighted by Gasteiger charge is 2.12. The van der Waals surface area contributed by atoms with Crippen LogP contribution in [0.5, 0.6) is 5.75 Å². The molecule has 1 N–H and O–H groups in total. The Balaban J connectivity index is 1.48. The van der Waals surface area contributed by atoms with E-state index in [9.17, 15) is 9.59 Å². The fourth-order valence-corrected chi connectivity index (χ4v) is 5.04. The van der Waals surface area contributed by atoms with Crippen LogP contribution in [0.15, 0.2) is 64.3 Å². The van der Waals surface area contributed by atoms with Crippen molar-refractivity contribution < 1.29 is 9.53 Å². The number of hydrogen-bond acceptors (Lipinski definition) is 7. The first-order valence-corrected chi connectivity index (χ1v) is 12.4. The zero-order valence-corrected chi connectivity index (χ0v) is 20.0. The molecule has 9 heteroatoms. The SMILES string of the molecule is CCCCc1nn2c(=O)cc(CSc3ccccc3NC(=O)c3ccc(OC)cc3)nc2s1. The molecule has 0 spiro atoms. The van der Waals surface area contributed by atoms with Gasteiger partial charge in [-0.3, -0.25) is 9.59 Å². The summed E-state index contributed by atoms with van der Waals surface area (Å²) in [4.78, 5) is 31.3. The first-order valence-electron chi connectivity index (χ1n) is 10.6. The van der Waals surface area contributed by atoms with Crippen molar-refractivity contribution >= 4 is 39.7 Å². The monoisotopic (exact) mass is 480 g/mol. The average molecular weight is 481 g/mol. The van der Waals surface area contributed by atoms with Crippen molar-refractivity contribution in [3.63, 3.8) is 0 Å². The number of methoxy groups -OCH3 is 1. The molecule has 0 saturated carbocycles. The van der Waals surface area contributed by atoms with Gasteiger partial charge in [-0.25, -0.2) is 4.98 Å². The fraction of sp³-hybridized carbons (Fsp3) is 0.250. The van der Waals surface area contributed by atoms with Crippen molar-refractivity contribution in [1.29, 1.82) is 0 Å². The third-order valence-electron chi connectivity index (χ3n) is 4.95. The van der Waals surface area contributed by atoms with Gasteiger partial charge in [0.05, 0.1) is 18.5 Å². The number of para-hydroxylation sites is 1. The van der Waals surface area contributed by atoms with Crippen LogP contribution in [0.25, 0.3) is 4.96 Å². The van der Waals surface area contributed by atoms with Gasteiger partial charge >= 0.3 is 0 Å². The van der Waals surface area contributed by atoms with E-state index in [2.05, 4.69) is 22.3 Å². The van der Waals surface area contributed by atoms with E-state index in [1.807, 2.05) is 24.3 Å². The minimum Gasteiger partial charge on any atom is -0.497 e. The number of anilines is 1. The predicted molar refractivity (Wildman–Crippen MR) is 133 cm³/mol. The minimum absolute atomic E-state index is 0.171. The lowest BCUT2D eigenvalue weighted by atomic mass is 10.2. The van der Waals surface area contributed by atoms with Crippen LogP contribution in [0.3, 0.4) is 0 Å². The van der Waals surface area contributed by atoms with Gasteiger partial charge in [-0.2, -0.15) is 9.61 Å². The lowest BCUT2D eigenvalue weighted by molar-refractivity contribution is 0.102. The number of aryl methyl sites for hydroxylation is 1. The zero-order valence-electron chi connectivity index (χ0n) is 18.4. The molecule has 0 aliphatic rings. The third-order valence-corrected chi connectivity index (χ3v) is 7.02. The molecule has 2 aromatic heterocycles. The van der Waals surface area contributed by atoms with Crippen molar-refractivity contribution in [2.45, 2.75) is 36.8 Å². The molecular formula is C24H24N4O3S2. The lowest BCUT2D eigenvalue weighted by Crippen LogP contribution is -2.15. The van der Waals surface area contributed by atoms with Gasteiger partial charge < -0.3 is 10.1 Å². The quantitative estimate of drug-likeness (QED) is 0.338. The van der Waals surface area contributed by atoms with Crippen LogP contribution < -0.4 is 15.6 Å². The summed E-state index contributed by atoms with van der Waals surface area (Å²) in [5.74, 6) is 0.998. The molecule has 0 unspecified atom stereocenters. The van der Waals surface area contributed by atoms with Crippen LogP contribution >= 0.6 is 23.1 Å². The van der Waals surface area contributed by atoms with Crippen molar-refractivity contribution in [2.75, 3.05) is 12.4 Å². The summed E-state index contributed by atoms with van der Waals surface area (Å²) in [6.07, 6.45) is 2.97. The molecule has 0 saturated heterocycles. The molecule has 1 amide bonds. The molecule has 0 fully saturated rings. The van der Waals surface area contributed by atoms with Crippen molar-refractivity contribution in [2.24, 2.45) is 0 Å². The summed E-state index contributed by atoms with van der Waals surface area (Å²) in [6.45, 7) is 2.13. The number of aromatic nitrogens is 3. The van der Waals surface area contributed by atoms with Crippen molar-refractivity contribution in [1.82, 2.24) is 14.6 Å². The second kappa shape index (κ2) is 10.6. The number of unbranched alkanes of at least 4 members (excludes halogenated alkanes) is 1. The number of thioether (sulfide) groups is 1. The van der Waals surface area contributed by atoms with Crippen LogP contribution in [0.4, 0.5) is 5.69 Å². The molecule has 2 heterocycles. The van der Waals surface area contributed by atoms with Gasteiger partial charge in [0.1, 0.15) is 10.8 Å². The molecule has 0 bridgehead atoms. The standard InChI is InChI=1S/C24H24N4O3S2/c1-3-4-9-21-27-28-22(29)14-17(25-24(28)33-21)15-32-20-8-6-5-7-19(20)26-23(30)16-10-12-18(31-2)13-11-16/h5-8,10-14H,3-4,9,15H2,1-2H3,(H,26,30). The average Bonchev–Trinajstić information content (AvgIpc) is 3.26. The van der Waals surface area contributed by atoms with Gasteiger partial charge in [0.25, 0.3) is 11.5 Å². The van der Waals surface area contributed by atoms with Gasteiger partial charge in [0, 0.05) is 28.7 Å². The first kappa shape index (κ1) is 23.0. The molecule has 33 heavy (non-hydrogen) atoms. The Hall–Kier alpha value is -3.17. The Morgan fingerprint density at radius 2 is 1.97 bits per heavy atom. The predicted octanol–water partition coefficient (Wildman–Crippen LogP) is 5.05. The molecule has 4 rings (SSSR count). The second-order valence-corrected chi connectivity index (χ2v) is 9.40. The Bertz CT molecular complexity index is 1320. The van der Waals surface area contributed by atoms with Gasteiger partial charge in [-0.15, -0.1) is 11.8 Å². The number of nitrogens with zero attached hydrogens (tertiary/aromatic N) is 3. The molecule has 170 valence electrons. The van der Waals surface area contributed by atoms with E-state index in [0.717, 1.165) is 29.2 Å². The second-order valence-electron chi connectivity index (χ2n) is 7.35. The van der Waals surface area contributed by atoms with Crippen LogP contribution in [0, 0.1) is 0 Å². The lowest BCUT2D eigenvalue weighted by Gasteiger charge is -2.11. The van der Waals surface area contributed by atoms with Gasteiger partial charge in [-0.1, -0.05) is 36.8 Å². The van der Waals surface area contributed by atoms with E-state index in [-0.39, 0.29) is 11.5 Å². The highest BCUT2D eigenvalue weighted by Crippen LogP contribution is 2.30. The Morgan fingerprint density at radius 3 is 2.73 bits per heavy atom. The minimum atomic E-state index is -0.201. The molecule has 2 aromatic carbocycles. The van der Waals surface area contributed by atoms with Gasteiger partial charge in [-0.05, 0) is 42.8 Å². The highest BCUT2D eigenvalue weighted by molar-refractivity contribution is 7.98. The number of rotatable bonds is 9. The van der Waals surface area contributed by atoms with E-state index >= 15 is 0 Å². The maximum atomic E-state index is 12.7. The van der Waals surface area contributed by atoms with Gasteiger partial charge in [0.2, 0.25) is 4.96 Å². The number of benzene rings is 2. The topological polar surface area (TPSA) is 85.6 Å². The van der Waals surface area contributed by atoms with Crippen LogP contribution in [-0.4, -0.2) is 27.6 Å². The number of hydrogen-bond donors (Lipinski definition) is 1. The normalized spacial score (nSPS) is 11.0. The maximum absolute atomic E-state index is 12.7. The van der Waals surface area contributed by atoms with E-state index in [4.69, 9.17) is 4.74 Å². The number of carbonyl (C=O) groups excluding carboxylic acids is 1. The Labute approximate surface area is 199 Å². The molecular weight excluding hydrogens is 456 g/mol. The van der Waals surface area contributed by atoms with E-state index in [1.165, 1.54) is 33.7 Å². The molecule has 0 aliphatic heterocycles. The number of carbonyl (C=O) groups is 1. The zero-order chi connectivity index (χ0) is 23.2. The summed E-state index contributed by atoms with van der Waals surface area (Å²) in [7, 11) is 1.59. The summed E-state index contributed by atoms with van der Waals surface area (Å²) in [6, 6.07) is 16.1. The van der Waals surface area contributed by atoms with Crippen LogP contribution in [0.2, 0.25) is 0 Å². The summed E-state index contributed by atoms with van der Waals surface area (Å²) in [5, 5.41) is 8.29. The number of nitrogens with one attached hydrogen (secondary N) is 1. The highest BCUT2D eigenvalue weighted by atomic mass is 32.2. The van der Waals surface area contributed by atoms with Crippen LogP contribution in [-0.2, 0) is 12.2 Å². The first-order chi connectivity index (χ1) is 16.1. The molecule has 0 radical (unpaired) electrons. The summed E-state index contributed by atoms with van der Waals surface area (Å²) >= 11 is 2.98. The molecule has 4 aromatic rings. The van der Waals surface area contributed by atoms with E-state index in [0.29, 0.717) is 33.4 Å². The van der Waals surface area contributed by atoms with Crippen LogP contribution in [0.1, 0.15) is 40.8 Å². The fourth-order valence-electron chi connectivity index (χ4n) is 3.18. The molecule has 0 atom stereocenters. The molecule has 0 aliphatic carbocycles. The Kier molecular flexibility index (Phi) is 7.41.